The lowest BCUT2D eigenvalue weighted by atomic mass is 10.2. The molecule has 0 fully saturated rings. The van der Waals surface area contributed by atoms with Crippen LogP contribution in [0.2, 0.25) is 0 Å². The minimum atomic E-state index is -0.0307. The van der Waals surface area contributed by atoms with Gasteiger partial charge in [-0.05, 0) is 30.7 Å². The fourth-order valence-electron chi connectivity index (χ4n) is 2.94. The molecule has 1 aromatic heterocycles. The molecule has 5 nitrogen and oxygen atoms in total. The largest absolute Gasteiger partial charge is 0.363 e. The highest BCUT2D eigenvalue weighted by Crippen LogP contribution is 2.20. The average molecular weight is 350 g/mol. The number of thioether (sulfide) groups is 1. The normalized spacial score (nSPS) is 13.7. The summed E-state index contributed by atoms with van der Waals surface area (Å²) < 4.78 is 1.74. The molecule has 25 heavy (non-hydrogen) atoms. The molecule has 0 bridgehead atoms. The summed E-state index contributed by atoms with van der Waals surface area (Å²) in [7, 11) is 0. The van der Waals surface area contributed by atoms with Gasteiger partial charge in [0.25, 0.3) is 5.56 Å². The zero-order valence-electron chi connectivity index (χ0n) is 13.9. The third kappa shape index (κ3) is 3.05. The van der Waals surface area contributed by atoms with Gasteiger partial charge in [-0.1, -0.05) is 42.1 Å². The molecule has 2 heterocycles. The lowest BCUT2D eigenvalue weighted by Crippen LogP contribution is -2.25. The maximum atomic E-state index is 13.2. The van der Waals surface area contributed by atoms with Gasteiger partial charge in [0.05, 0.1) is 28.9 Å². The summed E-state index contributed by atoms with van der Waals surface area (Å²) in [5.74, 6) is 1.32. The van der Waals surface area contributed by atoms with Crippen LogP contribution in [0, 0.1) is 6.92 Å². The van der Waals surface area contributed by atoms with E-state index >= 15 is 0 Å². The van der Waals surface area contributed by atoms with Crippen LogP contribution in [0.4, 0.5) is 0 Å². The van der Waals surface area contributed by atoms with E-state index in [1.165, 1.54) is 0 Å². The van der Waals surface area contributed by atoms with Crippen molar-refractivity contribution in [3.05, 3.63) is 70.3 Å². The summed E-state index contributed by atoms with van der Waals surface area (Å²) in [6.07, 6.45) is 0. The van der Waals surface area contributed by atoms with Crippen molar-refractivity contribution in [1.29, 1.82) is 0 Å². The maximum Gasteiger partial charge on any atom is 0.265 e. The second kappa shape index (κ2) is 6.72. The van der Waals surface area contributed by atoms with Gasteiger partial charge in [0.1, 0.15) is 5.82 Å². The first-order chi connectivity index (χ1) is 12.2. The second-order valence-electron chi connectivity index (χ2n) is 5.87. The van der Waals surface area contributed by atoms with Crippen molar-refractivity contribution in [3.63, 3.8) is 0 Å². The molecule has 0 saturated heterocycles. The predicted octanol–water partition coefficient (Wildman–Crippen LogP) is 2.89. The summed E-state index contributed by atoms with van der Waals surface area (Å²) in [6, 6.07) is 15.4. The standard InChI is InChI=1S/C19H18N4OS/c1-13-6-2-5-9-16(13)23-17(12-25-19-20-10-11-21-19)22-15-8-4-3-7-14(15)18(23)24/h2-9H,10-12H2,1H3,(H,20,21). The van der Waals surface area contributed by atoms with Crippen molar-refractivity contribution in [2.75, 3.05) is 13.1 Å². The highest BCUT2D eigenvalue weighted by Gasteiger charge is 2.15. The molecular weight excluding hydrogens is 332 g/mol. The minimum Gasteiger partial charge on any atom is -0.363 e. The maximum absolute atomic E-state index is 13.2. The lowest BCUT2D eigenvalue weighted by molar-refractivity contribution is 0.878. The van der Waals surface area contributed by atoms with E-state index in [9.17, 15) is 4.79 Å². The molecule has 6 heteroatoms. The monoisotopic (exact) mass is 350 g/mol. The van der Waals surface area contributed by atoms with Gasteiger partial charge in [-0.15, -0.1) is 0 Å². The number of nitrogens with zero attached hydrogens (tertiary/aromatic N) is 3. The molecule has 1 aliphatic rings. The van der Waals surface area contributed by atoms with E-state index in [-0.39, 0.29) is 5.56 Å². The number of aliphatic imine (C=N–C) groups is 1. The van der Waals surface area contributed by atoms with Gasteiger partial charge in [0, 0.05) is 6.54 Å². The van der Waals surface area contributed by atoms with Gasteiger partial charge >= 0.3 is 0 Å². The molecule has 0 saturated carbocycles. The van der Waals surface area contributed by atoms with Gasteiger partial charge in [0.2, 0.25) is 0 Å². The third-order valence-electron chi connectivity index (χ3n) is 4.18. The molecule has 0 atom stereocenters. The third-order valence-corrected chi connectivity index (χ3v) is 5.13. The van der Waals surface area contributed by atoms with E-state index in [4.69, 9.17) is 4.98 Å². The molecule has 4 rings (SSSR count). The van der Waals surface area contributed by atoms with Crippen molar-refractivity contribution in [2.24, 2.45) is 4.99 Å². The van der Waals surface area contributed by atoms with E-state index in [0.717, 1.165) is 40.8 Å². The van der Waals surface area contributed by atoms with Crippen molar-refractivity contribution in [3.8, 4) is 5.69 Å². The Hall–Kier alpha value is -2.60. The summed E-state index contributed by atoms with van der Waals surface area (Å²) in [4.78, 5) is 22.3. The molecule has 0 aliphatic carbocycles. The second-order valence-corrected chi connectivity index (χ2v) is 6.84. The molecule has 0 spiro atoms. The van der Waals surface area contributed by atoms with E-state index < -0.39 is 0 Å². The Bertz CT molecular complexity index is 1030. The number of fused-ring (bicyclic) bond motifs is 1. The Morgan fingerprint density at radius 1 is 1.16 bits per heavy atom. The number of hydrogen-bond acceptors (Lipinski definition) is 5. The van der Waals surface area contributed by atoms with Gasteiger partial charge in [-0.25, -0.2) is 4.98 Å². The average Bonchev–Trinajstić information content (AvgIpc) is 3.15. The fraction of sp³-hybridized carbons (Fsp3) is 0.211. The summed E-state index contributed by atoms with van der Waals surface area (Å²) in [5, 5.41) is 4.80. The molecular formula is C19H18N4OS. The van der Waals surface area contributed by atoms with Crippen LogP contribution in [0.15, 0.2) is 58.3 Å². The first-order valence-electron chi connectivity index (χ1n) is 8.22. The van der Waals surface area contributed by atoms with Gasteiger partial charge in [-0.3, -0.25) is 14.4 Å². The molecule has 2 aromatic carbocycles. The molecule has 0 radical (unpaired) electrons. The first kappa shape index (κ1) is 15.9. The smallest absolute Gasteiger partial charge is 0.265 e. The van der Waals surface area contributed by atoms with Crippen LogP contribution in [0.3, 0.4) is 0 Å². The van der Waals surface area contributed by atoms with Crippen molar-refractivity contribution in [1.82, 2.24) is 14.9 Å². The number of para-hydroxylation sites is 2. The molecule has 126 valence electrons. The molecule has 0 amide bonds. The highest BCUT2D eigenvalue weighted by molar-refractivity contribution is 8.13. The van der Waals surface area contributed by atoms with Gasteiger partial charge in [-0.2, -0.15) is 0 Å². The lowest BCUT2D eigenvalue weighted by Gasteiger charge is -2.15. The van der Waals surface area contributed by atoms with Crippen LogP contribution in [0.5, 0.6) is 0 Å². The van der Waals surface area contributed by atoms with Crippen molar-refractivity contribution < 1.29 is 0 Å². The summed E-state index contributed by atoms with van der Waals surface area (Å²) in [6.45, 7) is 3.69. The Morgan fingerprint density at radius 3 is 2.76 bits per heavy atom. The highest BCUT2D eigenvalue weighted by atomic mass is 32.2. The van der Waals surface area contributed by atoms with Gasteiger partial charge in [0.15, 0.2) is 5.17 Å². The van der Waals surface area contributed by atoms with E-state index in [2.05, 4.69) is 10.3 Å². The number of aromatic nitrogens is 2. The Balaban J connectivity index is 1.88. The van der Waals surface area contributed by atoms with Crippen LogP contribution >= 0.6 is 11.8 Å². The zero-order valence-corrected chi connectivity index (χ0v) is 14.7. The number of aryl methyl sites for hydroxylation is 1. The summed E-state index contributed by atoms with van der Waals surface area (Å²) >= 11 is 1.59. The number of hydrogen-bond donors (Lipinski definition) is 1. The number of rotatable bonds is 3. The van der Waals surface area contributed by atoms with Crippen LogP contribution < -0.4 is 10.9 Å². The SMILES string of the molecule is Cc1ccccc1-n1c(CSC2=NCCN2)nc2ccccc2c1=O. The quantitative estimate of drug-likeness (QED) is 0.789. The van der Waals surface area contributed by atoms with E-state index in [1.807, 2.05) is 55.5 Å². The fourth-order valence-corrected chi connectivity index (χ4v) is 3.79. The zero-order chi connectivity index (χ0) is 17.2. The number of amidine groups is 1. The Kier molecular flexibility index (Phi) is 4.28. The minimum absolute atomic E-state index is 0.0307. The van der Waals surface area contributed by atoms with Crippen LogP contribution in [0.1, 0.15) is 11.4 Å². The van der Waals surface area contributed by atoms with Crippen LogP contribution in [-0.2, 0) is 5.75 Å². The first-order valence-corrected chi connectivity index (χ1v) is 9.20. The van der Waals surface area contributed by atoms with Crippen molar-refractivity contribution in [2.45, 2.75) is 12.7 Å². The Labute approximate surface area is 149 Å². The van der Waals surface area contributed by atoms with Gasteiger partial charge < -0.3 is 5.32 Å². The number of nitrogens with one attached hydrogen (secondary N) is 1. The van der Waals surface area contributed by atoms with Crippen LogP contribution in [-0.4, -0.2) is 27.8 Å². The van der Waals surface area contributed by atoms with Crippen LogP contribution in [0.25, 0.3) is 16.6 Å². The van der Waals surface area contributed by atoms with Crippen molar-refractivity contribution >= 4 is 27.8 Å². The molecule has 3 aromatic rings. The Morgan fingerprint density at radius 2 is 1.96 bits per heavy atom. The number of benzene rings is 2. The van der Waals surface area contributed by atoms with E-state index in [1.54, 1.807) is 16.3 Å². The molecule has 0 unspecified atom stereocenters. The van der Waals surface area contributed by atoms with E-state index in [0.29, 0.717) is 11.1 Å². The predicted molar refractivity (Wildman–Crippen MR) is 104 cm³/mol. The molecule has 1 N–H and O–H groups in total. The topological polar surface area (TPSA) is 59.3 Å². The summed E-state index contributed by atoms with van der Waals surface area (Å²) in [5.41, 5.74) is 2.62. The molecule has 1 aliphatic heterocycles.